The Morgan fingerprint density at radius 1 is 1.33 bits per heavy atom. The van der Waals surface area contributed by atoms with Gasteiger partial charge in [0.1, 0.15) is 5.82 Å². The second kappa shape index (κ2) is 2.90. The van der Waals surface area contributed by atoms with Crippen molar-refractivity contribution in [2.24, 2.45) is 0 Å². The molecule has 1 aromatic rings. The number of hydrogen-bond acceptors (Lipinski definition) is 3. The molecule has 1 N–H and O–H groups in total. The summed E-state index contributed by atoms with van der Waals surface area (Å²) in [4.78, 5) is 8.28. The van der Waals surface area contributed by atoms with Gasteiger partial charge in [0.05, 0.1) is 5.69 Å². The zero-order valence-electron chi connectivity index (χ0n) is 6.89. The van der Waals surface area contributed by atoms with Crippen molar-refractivity contribution in [1.29, 1.82) is 0 Å². The number of aromatic nitrogens is 2. The van der Waals surface area contributed by atoms with Gasteiger partial charge in [0.2, 0.25) is 5.28 Å². The summed E-state index contributed by atoms with van der Waals surface area (Å²) in [5.41, 5.74) is 2.35. The molecule has 1 heterocycles. The van der Waals surface area contributed by atoms with E-state index in [0.717, 1.165) is 24.4 Å². The molecule has 1 aliphatic carbocycles. The summed E-state index contributed by atoms with van der Waals surface area (Å²) in [6.45, 7) is 0. The molecule has 2 rings (SSSR count). The zero-order valence-corrected chi connectivity index (χ0v) is 7.65. The van der Waals surface area contributed by atoms with Crippen molar-refractivity contribution in [3.05, 3.63) is 16.5 Å². The molecule has 0 amide bonds. The quantitative estimate of drug-likeness (QED) is 0.673. The molecule has 3 nitrogen and oxygen atoms in total. The fourth-order valence-electron chi connectivity index (χ4n) is 1.61. The minimum absolute atomic E-state index is 0.347. The maximum Gasteiger partial charge on any atom is 0.224 e. The molecule has 0 radical (unpaired) electrons. The van der Waals surface area contributed by atoms with Crippen molar-refractivity contribution in [3.8, 4) is 0 Å². The van der Waals surface area contributed by atoms with E-state index in [1.54, 1.807) is 0 Å². The van der Waals surface area contributed by atoms with Crippen LogP contribution in [0.25, 0.3) is 0 Å². The lowest BCUT2D eigenvalue weighted by Crippen LogP contribution is -2.01. The van der Waals surface area contributed by atoms with Crippen LogP contribution in [0.2, 0.25) is 5.28 Å². The first kappa shape index (κ1) is 7.80. The van der Waals surface area contributed by atoms with Gasteiger partial charge in [-0.15, -0.1) is 0 Å². The fourth-order valence-corrected chi connectivity index (χ4v) is 1.80. The zero-order chi connectivity index (χ0) is 8.55. The van der Waals surface area contributed by atoms with E-state index in [-0.39, 0.29) is 0 Å². The SMILES string of the molecule is CNc1nc(Cl)nc2c1CCC2. The van der Waals surface area contributed by atoms with Gasteiger partial charge >= 0.3 is 0 Å². The van der Waals surface area contributed by atoms with Gasteiger partial charge in [-0.05, 0) is 30.9 Å². The number of aryl methyl sites for hydroxylation is 1. The first-order valence-electron chi connectivity index (χ1n) is 4.04. The largest absolute Gasteiger partial charge is 0.373 e. The predicted octanol–water partition coefficient (Wildman–Crippen LogP) is 1.66. The van der Waals surface area contributed by atoms with Gasteiger partial charge in [-0.3, -0.25) is 0 Å². The van der Waals surface area contributed by atoms with Gasteiger partial charge in [-0.2, -0.15) is 0 Å². The molecule has 0 bridgehead atoms. The van der Waals surface area contributed by atoms with Gasteiger partial charge in [0.25, 0.3) is 0 Å². The topological polar surface area (TPSA) is 37.8 Å². The van der Waals surface area contributed by atoms with Crippen LogP contribution in [-0.2, 0) is 12.8 Å². The third-order valence-corrected chi connectivity index (χ3v) is 2.31. The molecular formula is C8H10ClN3. The van der Waals surface area contributed by atoms with Crippen LogP contribution in [0.5, 0.6) is 0 Å². The summed E-state index contributed by atoms with van der Waals surface area (Å²) in [6.07, 6.45) is 3.27. The standard InChI is InChI=1S/C8H10ClN3/c1-10-7-5-3-2-4-6(5)11-8(9)12-7/h2-4H2,1H3,(H,10,11,12). The number of nitrogens with one attached hydrogen (secondary N) is 1. The third kappa shape index (κ3) is 1.14. The molecule has 0 aromatic carbocycles. The molecule has 1 aliphatic rings. The van der Waals surface area contributed by atoms with Crippen LogP contribution < -0.4 is 5.32 Å². The van der Waals surface area contributed by atoms with Gasteiger partial charge in [0, 0.05) is 12.6 Å². The smallest absolute Gasteiger partial charge is 0.224 e. The molecule has 0 atom stereocenters. The van der Waals surface area contributed by atoms with E-state index >= 15 is 0 Å². The first-order chi connectivity index (χ1) is 5.81. The molecule has 4 heteroatoms. The summed E-state index contributed by atoms with van der Waals surface area (Å²) < 4.78 is 0. The Labute approximate surface area is 76.2 Å². The van der Waals surface area contributed by atoms with Gasteiger partial charge < -0.3 is 5.32 Å². The summed E-state index contributed by atoms with van der Waals surface area (Å²) in [7, 11) is 1.86. The number of nitrogens with zero attached hydrogens (tertiary/aromatic N) is 2. The maximum absolute atomic E-state index is 5.75. The van der Waals surface area contributed by atoms with Crippen molar-refractivity contribution in [1.82, 2.24) is 9.97 Å². The molecule has 0 unspecified atom stereocenters. The Kier molecular flexibility index (Phi) is 1.89. The Bertz CT molecular complexity index is 311. The number of anilines is 1. The van der Waals surface area contributed by atoms with Crippen molar-refractivity contribution in [2.75, 3.05) is 12.4 Å². The van der Waals surface area contributed by atoms with Crippen LogP contribution in [-0.4, -0.2) is 17.0 Å². The molecule has 0 spiro atoms. The van der Waals surface area contributed by atoms with E-state index < -0.39 is 0 Å². The van der Waals surface area contributed by atoms with Crippen LogP contribution in [0.1, 0.15) is 17.7 Å². The van der Waals surface area contributed by atoms with Gasteiger partial charge in [0.15, 0.2) is 0 Å². The lowest BCUT2D eigenvalue weighted by Gasteiger charge is -2.05. The normalized spacial score (nSPS) is 14.5. The van der Waals surface area contributed by atoms with Crippen LogP contribution in [0.4, 0.5) is 5.82 Å². The molecule has 12 heavy (non-hydrogen) atoms. The fraction of sp³-hybridized carbons (Fsp3) is 0.500. The second-order valence-corrected chi connectivity index (χ2v) is 3.21. The van der Waals surface area contributed by atoms with Crippen molar-refractivity contribution in [3.63, 3.8) is 0 Å². The van der Waals surface area contributed by atoms with Crippen LogP contribution >= 0.6 is 11.6 Å². The maximum atomic E-state index is 5.75. The summed E-state index contributed by atoms with van der Waals surface area (Å²) in [6, 6.07) is 0. The molecule has 0 fully saturated rings. The van der Waals surface area contributed by atoms with E-state index in [2.05, 4.69) is 15.3 Å². The number of fused-ring (bicyclic) bond motifs is 1. The number of hydrogen-bond donors (Lipinski definition) is 1. The molecular weight excluding hydrogens is 174 g/mol. The third-order valence-electron chi connectivity index (χ3n) is 2.14. The Morgan fingerprint density at radius 2 is 2.17 bits per heavy atom. The van der Waals surface area contributed by atoms with Crippen molar-refractivity contribution >= 4 is 17.4 Å². The highest BCUT2D eigenvalue weighted by Gasteiger charge is 2.17. The van der Waals surface area contributed by atoms with E-state index in [0.29, 0.717) is 5.28 Å². The molecule has 0 saturated carbocycles. The lowest BCUT2D eigenvalue weighted by atomic mass is 10.2. The first-order valence-corrected chi connectivity index (χ1v) is 4.42. The predicted molar refractivity (Wildman–Crippen MR) is 48.6 cm³/mol. The summed E-state index contributed by atoms with van der Waals surface area (Å²) in [5, 5.41) is 3.38. The van der Waals surface area contributed by atoms with E-state index in [1.807, 2.05) is 7.05 Å². The van der Waals surface area contributed by atoms with E-state index in [9.17, 15) is 0 Å². The minimum Gasteiger partial charge on any atom is -0.373 e. The van der Waals surface area contributed by atoms with Crippen molar-refractivity contribution < 1.29 is 0 Å². The Balaban J connectivity index is 2.55. The van der Waals surface area contributed by atoms with Crippen molar-refractivity contribution in [2.45, 2.75) is 19.3 Å². The molecule has 0 saturated heterocycles. The highest BCUT2D eigenvalue weighted by atomic mass is 35.5. The Morgan fingerprint density at radius 3 is 2.92 bits per heavy atom. The van der Waals surface area contributed by atoms with E-state index in [4.69, 9.17) is 11.6 Å². The monoisotopic (exact) mass is 183 g/mol. The molecule has 0 aliphatic heterocycles. The van der Waals surface area contributed by atoms with Gasteiger partial charge in [-0.25, -0.2) is 9.97 Å². The minimum atomic E-state index is 0.347. The highest BCUT2D eigenvalue weighted by molar-refractivity contribution is 6.28. The summed E-state index contributed by atoms with van der Waals surface area (Å²) in [5.74, 6) is 0.891. The van der Waals surface area contributed by atoms with E-state index in [1.165, 1.54) is 12.0 Å². The number of halogens is 1. The van der Waals surface area contributed by atoms with Crippen LogP contribution in [0.3, 0.4) is 0 Å². The van der Waals surface area contributed by atoms with Gasteiger partial charge in [-0.1, -0.05) is 0 Å². The lowest BCUT2D eigenvalue weighted by molar-refractivity contribution is 0.899. The van der Waals surface area contributed by atoms with Crippen LogP contribution in [0, 0.1) is 0 Å². The highest BCUT2D eigenvalue weighted by Crippen LogP contribution is 2.26. The summed E-state index contributed by atoms with van der Waals surface area (Å²) >= 11 is 5.75. The molecule has 64 valence electrons. The average Bonchev–Trinajstić information content (AvgIpc) is 2.50. The average molecular weight is 184 g/mol. The second-order valence-electron chi connectivity index (χ2n) is 2.87. The van der Waals surface area contributed by atoms with Crippen LogP contribution in [0.15, 0.2) is 0 Å². The number of rotatable bonds is 1. The molecule has 1 aromatic heterocycles. The Hall–Kier alpha value is -0.830.